The Balaban J connectivity index is 2.30. The lowest BCUT2D eigenvalue weighted by Gasteiger charge is -2.11. The Hall–Kier alpha value is -0.860. The van der Waals surface area contributed by atoms with Gasteiger partial charge in [0, 0.05) is 6.04 Å². The number of hydrogen-bond donors (Lipinski definition) is 2. The summed E-state index contributed by atoms with van der Waals surface area (Å²) in [6.45, 7) is 3.04. The van der Waals surface area contributed by atoms with Crippen LogP contribution in [0.4, 0.5) is 0 Å². The average molecular weight is 177 g/mol. The highest BCUT2D eigenvalue weighted by Gasteiger charge is 2.27. The van der Waals surface area contributed by atoms with E-state index in [2.05, 4.69) is 18.3 Å². The van der Waals surface area contributed by atoms with Crippen molar-refractivity contribution in [2.24, 2.45) is 0 Å². The number of hydrogen-bond acceptors (Lipinski definition) is 2. The molecule has 2 N–H and O–H groups in total. The second-order valence-electron chi connectivity index (χ2n) is 3.49. The Morgan fingerprint density at radius 3 is 2.77 bits per heavy atom. The molecule has 0 aliphatic heterocycles. The topological polar surface area (TPSA) is 32.3 Å². The number of aliphatic hydroxyl groups is 1. The van der Waals surface area contributed by atoms with Crippen LogP contribution in [0.3, 0.4) is 0 Å². The maximum absolute atomic E-state index is 9.74. The normalized spacial score (nSPS) is 26.0. The number of aliphatic hydroxyl groups excluding tert-OH is 1. The zero-order valence-electron chi connectivity index (χ0n) is 7.83. The SMILES string of the molecule is CCNC1CC(O)c2ccccc21. The van der Waals surface area contributed by atoms with E-state index in [0.29, 0.717) is 6.04 Å². The Labute approximate surface area is 78.6 Å². The molecule has 1 aromatic rings. The van der Waals surface area contributed by atoms with Crippen LogP contribution in [0.5, 0.6) is 0 Å². The van der Waals surface area contributed by atoms with Gasteiger partial charge in [0.2, 0.25) is 0 Å². The van der Waals surface area contributed by atoms with Crippen molar-refractivity contribution in [2.75, 3.05) is 6.54 Å². The fraction of sp³-hybridized carbons (Fsp3) is 0.455. The zero-order valence-corrected chi connectivity index (χ0v) is 7.83. The number of benzene rings is 1. The summed E-state index contributed by atoms with van der Waals surface area (Å²) in [4.78, 5) is 0. The van der Waals surface area contributed by atoms with Crippen LogP contribution in [0.25, 0.3) is 0 Å². The van der Waals surface area contributed by atoms with Gasteiger partial charge in [-0.05, 0) is 24.1 Å². The molecule has 0 fully saturated rings. The summed E-state index contributed by atoms with van der Waals surface area (Å²) in [5, 5.41) is 13.1. The van der Waals surface area contributed by atoms with Crippen molar-refractivity contribution in [3.63, 3.8) is 0 Å². The summed E-state index contributed by atoms with van der Waals surface area (Å²) in [7, 11) is 0. The van der Waals surface area contributed by atoms with Gasteiger partial charge >= 0.3 is 0 Å². The van der Waals surface area contributed by atoms with Gasteiger partial charge in [-0.2, -0.15) is 0 Å². The minimum absolute atomic E-state index is 0.278. The fourth-order valence-corrected chi connectivity index (χ4v) is 2.05. The van der Waals surface area contributed by atoms with Crippen LogP contribution in [0.2, 0.25) is 0 Å². The molecule has 1 aliphatic rings. The molecular weight excluding hydrogens is 162 g/mol. The molecule has 2 rings (SSSR count). The number of fused-ring (bicyclic) bond motifs is 1. The Bertz CT molecular complexity index is 298. The number of rotatable bonds is 2. The molecule has 0 saturated carbocycles. The summed E-state index contributed by atoms with van der Waals surface area (Å²) >= 11 is 0. The molecule has 2 unspecified atom stereocenters. The summed E-state index contributed by atoms with van der Waals surface area (Å²) in [5.74, 6) is 0. The van der Waals surface area contributed by atoms with Crippen molar-refractivity contribution in [1.82, 2.24) is 5.32 Å². The van der Waals surface area contributed by atoms with E-state index in [0.717, 1.165) is 18.5 Å². The Morgan fingerprint density at radius 2 is 2.08 bits per heavy atom. The van der Waals surface area contributed by atoms with E-state index in [1.165, 1.54) is 5.56 Å². The molecular formula is C11H15NO. The number of nitrogens with one attached hydrogen (secondary N) is 1. The van der Waals surface area contributed by atoms with Crippen LogP contribution < -0.4 is 5.32 Å². The van der Waals surface area contributed by atoms with Gasteiger partial charge < -0.3 is 10.4 Å². The molecule has 70 valence electrons. The first-order valence-corrected chi connectivity index (χ1v) is 4.83. The van der Waals surface area contributed by atoms with E-state index in [1.54, 1.807) is 0 Å². The van der Waals surface area contributed by atoms with Crippen molar-refractivity contribution >= 4 is 0 Å². The summed E-state index contributed by atoms with van der Waals surface area (Å²) < 4.78 is 0. The largest absolute Gasteiger partial charge is 0.388 e. The van der Waals surface area contributed by atoms with Crippen LogP contribution >= 0.6 is 0 Å². The van der Waals surface area contributed by atoms with E-state index in [9.17, 15) is 5.11 Å². The molecule has 0 spiro atoms. The third-order valence-electron chi connectivity index (χ3n) is 2.64. The monoisotopic (exact) mass is 177 g/mol. The Morgan fingerprint density at radius 1 is 1.38 bits per heavy atom. The minimum Gasteiger partial charge on any atom is -0.388 e. The molecule has 0 aromatic heterocycles. The third kappa shape index (κ3) is 1.47. The second kappa shape index (κ2) is 3.48. The van der Waals surface area contributed by atoms with Crippen molar-refractivity contribution in [2.45, 2.75) is 25.5 Å². The van der Waals surface area contributed by atoms with Gasteiger partial charge in [0.25, 0.3) is 0 Å². The van der Waals surface area contributed by atoms with E-state index in [-0.39, 0.29) is 6.10 Å². The summed E-state index contributed by atoms with van der Waals surface area (Å²) in [5.41, 5.74) is 2.35. The van der Waals surface area contributed by atoms with Crippen molar-refractivity contribution in [3.05, 3.63) is 35.4 Å². The third-order valence-corrected chi connectivity index (χ3v) is 2.64. The molecule has 0 radical (unpaired) electrons. The summed E-state index contributed by atoms with van der Waals surface area (Å²) in [6, 6.07) is 8.46. The predicted molar refractivity (Wildman–Crippen MR) is 52.4 cm³/mol. The van der Waals surface area contributed by atoms with Crippen LogP contribution in [-0.2, 0) is 0 Å². The maximum Gasteiger partial charge on any atom is 0.0811 e. The highest BCUT2D eigenvalue weighted by atomic mass is 16.3. The highest BCUT2D eigenvalue weighted by Crippen LogP contribution is 2.37. The van der Waals surface area contributed by atoms with Gasteiger partial charge in [-0.3, -0.25) is 0 Å². The van der Waals surface area contributed by atoms with Crippen LogP contribution in [0, 0.1) is 0 Å². The van der Waals surface area contributed by atoms with E-state index >= 15 is 0 Å². The van der Waals surface area contributed by atoms with Crippen LogP contribution in [0.15, 0.2) is 24.3 Å². The lowest BCUT2D eigenvalue weighted by atomic mass is 10.1. The van der Waals surface area contributed by atoms with Gasteiger partial charge in [0.15, 0.2) is 0 Å². The lowest BCUT2D eigenvalue weighted by Crippen LogP contribution is -2.18. The molecule has 2 atom stereocenters. The van der Waals surface area contributed by atoms with Gasteiger partial charge in [-0.1, -0.05) is 31.2 Å². The first-order chi connectivity index (χ1) is 6.33. The van der Waals surface area contributed by atoms with E-state index in [1.807, 2.05) is 18.2 Å². The average Bonchev–Trinajstić information content (AvgIpc) is 2.46. The molecule has 0 amide bonds. The molecule has 2 heteroatoms. The van der Waals surface area contributed by atoms with E-state index < -0.39 is 0 Å². The Kier molecular flexibility index (Phi) is 2.34. The lowest BCUT2D eigenvalue weighted by molar-refractivity contribution is 0.169. The van der Waals surface area contributed by atoms with Crippen molar-refractivity contribution < 1.29 is 5.11 Å². The standard InChI is InChI=1S/C11H15NO/c1-2-12-10-7-11(13)9-6-4-3-5-8(9)10/h3-6,10-13H,2,7H2,1H3. The zero-order chi connectivity index (χ0) is 9.26. The molecule has 0 saturated heterocycles. The van der Waals surface area contributed by atoms with Crippen molar-refractivity contribution in [1.29, 1.82) is 0 Å². The first kappa shape index (κ1) is 8.73. The van der Waals surface area contributed by atoms with E-state index in [4.69, 9.17) is 0 Å². The molecule has 1 aromatic carbocycles. The highest BCUT2D eigenvalue weighted by molar-refractivity contribution is 5.36. The van der Waals surface area contributed by atoms with Gasteiger partial charge in [0.1, 0.15) is 0 Å². The van der Waals surface area contributed by atoms with Gasteiger partial charge in [-0.25, -0.2) is 0 Å². The van der Waals surface area contributed by atoms with Gasteiger partial charge in [-0.15, -0.1) is 0 Å². The first-order valence-electron chi connectivity index (χ1n) is 4.83. The molecule has 0 heterocycles. The maximum atomic E-state index is 9.74. The molecule has 0 bridgehead atoms. The van der Waals surface area contributed by atoms with Crippen LogP contribution in [-0.4, -0.2) is 11.7 Å². The fourth-order valence-electron chi connectivity index (χ4n) is 2.05. The smallest absolute Gasteiger partial charge is 0.0811 e. The molecule has 2 nitrogen and oxygen atoms in total. The minimum atomic E-state index is -0.278. The van der Waals surface area contributed by atoms with Crippen LogP contribution in [0.1, 0.15) is 36.6 Å². The molecule has 1 aliphatic carbocycles. The van der Waals surface area contributed by atoms with Gasteiger partial charge in [0.05, 0.1) is 6.10 Å². The molecule has 13 heavy (non-hydrogen) atoms. The predicted octanol–water partition coefficient (Wildman–Crippen LogP) is 1.77. The summed E-state index contributed by atoms with van der Waals surface area (Å²) in [6.07, 6.45) is 0.535. The van der Waals surface area contributed by atoms with Crippen molar-refractivity contribution in [3.8, 4) is 0 Å². The quantitative estimate of drug-likeness (QED) is 0.721. The second-order valence-corrected chi connectivity index (χ2v) is 3.49.